The highest BCUT2D eigenvalue weighted by atomic mass is 16.5. The normalized spacial score (nSPS) is 15.6. The van der Waals surface area contributed by atoms with Crippen molar-refractivity contribution in [2.75, 3.05) is 27.0 Å². The second-order valence-corrected chi connectivity index (χ2v) is 5.29. The molecule has 5 nitrogen and oxygen atoms in total. The van der Waals surface area contributed by atoms with Gasteiger partial charge >= 0.3 is 0 Å². The molecular weight excluding hydrogens is 256 g/mol. The number of amides is 1. The molecule has 1 atom stereocenters. The molecule has 0 aromatic heterocycles. The lowest BCUT2D eigenvalue weighted by atomic mass is 10.1. The van der Waals surface area contributed by atoms with E-state index in [1.54, 1.807) is 31.3 Å². The van der Waals surface area contributed by atoms with E-state index in [1.807, 2.05) is 7.05 Å². The number of hydrogen-bond acceptors (Lipinski definition) is 4. The van der Waals surface area contributed by atoms with Gasteiger partial charge in [0.05, 0.1) is 19.8 Å². The zero-order valence-electron chi connectivity index (χ0n) is 12.5. The van der Waals surface area contributed by atoms with E-state index in [9.17, 15) is 4.79 Å². The molecule has 1 aliphatic carbocycles. The maximum atomic E-state index is 12.6. The Labute approximate surface area is 119 Å². The zero-order chi connectivity index (χ0) is 14.9. The highest BCUT2D eigenvalue weighted by molar-refractivity contribution is 6.00. The van der Waals surface area contributed by atoms with E-state index in [0.29, 0.717) is 28.7 Å². The smallest absolute Gasteiger partial charge is 0.256 e. The average molecular weight is 278 g/mol. The summed E-state index contributed by atoms with van der Waals surface area (Å²) in [6, 6.07) is 3.50. The Bertz CT molecular complexity index is 512. The van der Waals surface area contributed by atoms with Crippen molar-refractivity contribution in [3.63, 3.8) is 0 Å². The Balaban J connectivity index is 2.28. The number of rotatable bonds is 5. The molecule has 1 aliphatic rings. The number of methoxy groups -OCH3 is 2. The van der Waals surface area contributed by atoms with Crippen LogP contribution in [0.4, 0.5) is 5.69 Å². The van der Waals surface area contributed by atoms with E-state index in [4.69, 9.17) is 15.2 Å². The quantitative estimate of drug-likeness (QED) is 0.838. The van der Waals surface area contributed by atoms with Gasteiger partial charge in [-0.3, -0.25) is 4.79 Å². The Hall–Kier alpha value is -1.91. The summed E-state index contributed by atoms with van der Waals surface area (Å²) in [5, 5.41) is 0. The van der Waals surface area contributed by atoms with E-state index < -0.39 is 0 Å². The van der Waals surface area contributed by atoms with Crippen molar-refractivity contribution in [1.82, 2.24) is 4.90 Å². The third-order valence-electron chi connectivity index (χ3n) is 4.02. The molecule has 20 heavy (non-hydrogen) atoms. The van der Waals surface area contributed by atoms with E-state index in [-0.39, 0.29) is 11.9 Å². The fraction of sp³-hybridized carbons (Fsp3) is 0.533. The molecule has 0 bridgehead atoms. The Morgan fingerprint density at radius 1 is 1.30 bits per heavy atom. The second kappa shape index (κ2) is 5.61. The van der Waals surface area contributed by atoms with Crippen molar-refractivity contribution in [1.29, 1.82) is 0 Å². The summed E-state index contributed by atoms with van der Waals surface area (Å²) in [5.41, 5.74) is 6.83. The fourth-order valence-corrected chi connectivity index (χ4v) is 2.35. The molecule has 110 valence electrons. The standard InChI is InChI=1S/C15H22N2O3/c1-9(10-5-6-10)17(2)15(18)11-7-13(19-3)14(20-4)8-12(11)16/h7-10H,5-6,16H2,1-4H3. The summed E-state index contributed by atoms with van der Waals surface area (Å²) >= 11 is 0. The molecule has 1 aromatic carbocycles. The summed E-state index contributed by atoms with van der Waals surface area (Å²) in [6.45, 7) is 2.08. The summed E-state index contributed by atoms with van der Waals surface area (Å²) in [7, 11) is 4.90. The summed E-state index contributed by atoms with van der Waals surface area (Å²) in [6.07, 6.45) is 2.39. The molecule has 1 saturated carbocycles. The molecule has 0 radical (unpaired) electrons. The Kier molecular flexibility index (Phi) is 4.06. The number of nitrogens with zero attached hydrogens (tertiary/aromatic N) is 1. The number of benzene rings is 1. The first kappa shape index (κ1) is 14.5. The molecule has 0 aliphatic heterocycles. The van der Waals surface area contributed by atoms with Crippen LogP contribution in [0.5, 0.6) is 11.5 Å². The van der Waals surface area contributed by atoms with Crippen LogP contribution in [0, 0.1) is 5.92 Å². The first-order chi connectivity index (χ1) is 9.49. The lowest BCUT2D eigenvalue weighted by molar-refractivity contribution is 0.0728. The van der Waals surface area contributed by atoms with Crippen molar-refractivity contribution >= 4 is 11.6 Å². The van der Waals surface area contributed by atoms with Gasteiger partial charge in [-0.2, -0.15) is 0 Å². The highest BCUT2D eigenvalue weighted by Gasteiger charge is 2.33. The monoisotopic (exact) mass is 278 g/mol. The molecule has 2 rings (SSSR count). The minimum absolute atomic E-state index is 0.0807. The van der Waals surface area contributed by atoms with Crippen LogP contribution in [-0.2, 0) is 0 Å². The first-order valence-corrected chi connectivity index (χ1v) is 6.78. The van der Waals surface area contributed by atoms with Crippen LogP contribution in [0.15, 0.2) is 12.1 Å². The number of nitrogen functional groups attached to an aromatic ring is 1. The predicted octanol–water partition coefficient (Wildman–Crippen LogP) is 2.16. The summed E-state index contributed by atoms with van der Waals surface area (Å²) in [5.74, 6) is 1.57. The number of anilines is 1. The molecule has 5 heteroatoms. The van der Waals surface area contributed by atoms with Gasteiger partial charge in [-0.05, 0) is 31.7 Å². The van der Waals surface area contributed by atoms with Gasteiger partial charge in [-0.1, -0.05) is 0 Å². The molecule has 0 saturated heterocycles. The van der Waals surface area contributed by atoms with Crippen molar-refractivity contribution in [3.8, 4) is 11.5 Å². The maximum Gasteiger partial charge on any atom is 0.256 e. The number of hydrogen-bond donors (Lipinski definition) is 1. The zero-order valence-corrected chi connectivity index (χ0v) is 12.5. The fourth-order valence-electron chi connectivity index (χ4n) is 2.35. The number of carbonyl (C=O) groups excluding carboxylic acids is 1. The van der Waals surface area contributed by atoms with Gasteiger partial charge in [0, 0.05) is 24.8 Å². The highest BCUT2D eigenvalue weighted by Crippen LogP contribution is 2.36. The largest absolute Gasteiger partial charge is 0.493 e. The lowest BCUT2D eigenvalue weighted by Crippen LogP contribution is -2.36. The van der Waals surface area contributed by atoms with Gasteiger partial charge in [0.2, 0.25) is 0 Å². The van der Waals surface area contributed by atoms with Gasteiger partial charge in [0.1, 0.15) is 0 Å². The van der Waals surface area contributed by atoms with Gasteiger partial charge in [0.15, 0.2) is 11.5 Å². The molecule has 1 amide bonds. The molecule has 0 spiro atoms. The van der Waals surface area contributed by atoms with Crippen LogP contribution < -0.4 is 15.2 Å². The third-order valence-corrected chi connectivity index (χ3v) is 4.02. The van der Waals surface area contributed by atoms with Crippen molar-refractivity contribution in [2.24, 2.45) is 5.92 Å². The lowest BCUT2D eigenvalue weighted by Gasteiger charge is -2.25. The maximum absolute atomic E-state index is 12.6. The second-order valence-electron chi connectivity index (χ2n) is 5.29. The van der Waals surface area contributed by atoms with Gasteiger partial charge < -0.3 is 20.1 Å². The molecule has 2 N–H and O–H groups in total. The number of nitrogens with two attached hydrogens (primary N) is 1. The Morgan fingerprint density at radius 2 is 1.85 bits per heavy atom. The van der Waals surface area contributed by atoms with E-state index >= 15 is 0 Å². The SMILES string of the molecule is COc1cc(N)c(C(=O)N(C)C(C)C2CC2)cc1OC. The predicted molar refractivity (Wildman–Crippen MR) is 78.2 cm³/mol. The van der Waals surface area contributed by atoms with E-state index in [2.05, 4.69) is 6.92 Å². The van der Waals surface area contributed by atoms with Crippen LogP contribution in [0.25, 0.3) is 0 Å². The number of ether oxygens (including phenoxy) is 2. The summed E-state index contributed by atoms with van der Waals surface area (Å²) < 4.78 is 10.4. The molecule has 1 fully saturated rings. The van der Waals surface area contributed by atoms with Gasteiger partial charge in [-0.25, -0.2) is 0 Å². The van der Waals surface area contributed by atoms with Gasteiger partial charge in [-0.15, -0.1) is 0 Å². The average Bonchev–Trinajstić information content (AvgIpc) is 3.29. The van der Waals surface area contributed by atoms with Gasteiger partial charge in [0.25, 0.3) is 5.91 Å². The van der Waals surface area contributed by atoms with Crippen molar-refractivity contribution in [3.05, 3.63) is 17.7 Å². The molecule has 0 heterocycles. The molecular formula is C15H22N2O3. The first-order valence-electron chi connectivity index (χ1n) is 6.78. The van der Waals surface area contributed by atoms with Crippen LogP contribution in [0.3, 0.4) is 0 Å². The molecule has 1 aromatic rings. The topological polar surface area (TPSA) is 64.8 Å². The van der Waals surface area contributed by atoms with Crippen LogP contribution in [0.1, 0.15) is 30.1 Å². The van der Waals surface area contributed by atoms with Crippen LogP contribution in [0.2, 0.25) is 0 Å². The Morgan fingerprint density at radius 3 is 2.35 bits per heavy atom. The third kappa shape index (κ3) is 2.66. The molecule has 1 unspecified atom stereocenters. The van der Waals surface area contributed by atoms with E-state index in [1.165, 1.54) is 12.8 Å². The minimum atomic E-state index is -0.0807. The minimum Gasteiger partial charge on any atom is -0.493 e. The van der Waals surface area contributed by atoms with Crippen molar-refractivity contribution < 1.29 is 14.3 Å². The van der Waals surface area contributed by atoms with Crippen LogP contribution in [-0.4, -0.2) is 38.1 Å². The number of carbonyl (C=O) groups is 1. The van der Waals surface area contributed by atoms with Crippen LogP contribution >= 0.6 is 0 Å². The van der Waals surface area contributed by atoms with E-state index in [0.717, 1.165) is 0 Å². The van der Waals surface area contributed by atoms with Crippen molar-refractivity contribution in [2.45, 2.75) is 25.8 Å². The summed E-state index contributed by atoms with van der Waals surface area (Å²) in [4.78, 5) is 14.3.